The van der Waals surface area contributed by atoms with Crippen LogP contribution in [-0.4, -0.2) is 32.1 Å². The van der Waals surface area contributed by atoms with Crippen molar-refractivity contribution < 1.29 is 4.42 Å². The quantitative estimate of drug-likeness (QED) is 0.752. The zero-order valence-corrected chi connectivity index (χ0v) is 10.5. The molecule has 0 unspecified atom stereocenters. The van der Waals surface area contributed by atoms with Gasteiger partial charge >= 0.3 is 0 Å². The third-order valence-electron chi connectivity index (χ3n) is 2.75. The first kappa shape index (κ1) is 12.3. The molecule has 0 amide bonds. The first-order valence-corrected chi connectivity index (χ1v) is 5.43. The molecule has 1 rings (SSSR count). The standard InChI is InChI=1S/C12H22N2O/c1-9-10(2)15-11(3)12(9)8-13-6-7-14(4)5/h13H,6-8H2,1-5H3. The molecule has 15 heavy (non-hydrogen) atoms. The van der Waals surface area contributed by atoms with Gasteiger partial charge in [-0.05, 0) is 40.4 Å². The van der Waals surface area contributed by atoms with E-state index in [1.807, 2.05) is 13.8 Å². The van der Waals surface area contributed by atoms with E-state index in [2.05, 4.69) is 31.2 Å². The summed E-state index contributed by atoms with van der Waals surface area (Å²) in [5, 5.41) is 3.43. The molecule has 0 aliphatic carbocycles. The SMILES string of the molecule is Cc1oc(C)c(CNCCN(C)C)c1C. The van der Waals surface area contributed by atoms with Crippen LogP contribution in [0.1, 0.15) is 22.6 Å². The van der Waals surface area contributed by atoms with E-state index in [1.165, 1.54) is 11.1 Å². The van der Waals surface area contributed by atoms with Crippen molar-refractivity contribution in [2.75, 3.05) is 27.2 Å². The van der Waals surface area contributed by atoms with Crippen molar-refractivity contribution in [3.63, 3.8) is 0 Å². The summed E-state index contributed by atoms with van der Waals surface area (Å²) < 4.78 is 5.57. The molecule has 0 aliphatic heterocycles. The number of rotatable bonds is 5. The molecule has 1 heterocycles. The van der Waals surface area contributed by atoms with Gasteiger partial charge < -0.3 is 14.6 Å². The normalized spacial score (nSPS) is 11.3. The molecule has 1 aromatic rings. The van der Waals surface area contributed by atoms with Crippen molar-refractivity contribution in [2.45, 2.75) is 27.3 Å². The molecule has 1 aromatic heterocycles. The lowest BCUT2D eigenvalue weighted by Crippen LogP contribution is -2.26. The van der Waals surface area contributed by atoms with E-state index < -0.39 is 0 Å². The second kappa shape index (κ2) is 5.33. The van der Waals surface area contributed by atoms with E-state index in [1.54, 1.807) is 0 Å². The van der Waals surface area contributed by atoms with Crippen LogP contribution in [-0.2, 0) is 6.54 Å². The maximum atomic E-state index is 5.57. The Kier molecular flexibility index (Phi) is 4.36. The lowest BCUT2D eigenvalue weighted by Gasteiger charge is -2.10. The van der Waals surface area contributed by atoms with Crippen LogP contribution in [0.3, 0.4) is 0 Å². The van der Waals surface area contributed by atoms with Gasteiger partial charge in [0, 0.05) is 25.2 Å². The summed E-state index contributed by atoms with van der Waals surface area (Å²) in [4.78, 5) is 2.17. The van der Waals surface area contributed by atoms with Crippen LogP contribution in [0.2, 0.25) is 0 Å². The molecule has 0 atom stereocenters. The maximum absolute atomic E-state index is 5.57. The van der Waals surface area contributed by atoms with Crippen molar-refractivity contribution in [2.24, 2.45) is 0 Å². The topological polar surface area (TPSA) is 28.4 Å². The van der Waals surface area contributed by atoms with Crippen LogP contribution in [0.5, 0.6) is 0 Å². The van der Waals surface area contributed by atoms with Crippen LogP contribution in [0.4, 0.5) is 0 Å². The maximum Gasteiger partial charge on any atom is 0.105 e. The van der Waals surface area contributed by atoms with Gasteiger partial charge in [-0.1, -0.05) is 0 Å². The summed E-state index contributed by atoms with van der Waals surface area (Å²) in [6.45, 7) is 9.15. The Hall–Kier alpha value is -0.800. The molecular formula is C12H22N2O. The number of aryl methyl sites for hydroxylation is 2. The Bertz CT molecular complexity index is 316. The highest BCUT2D eigenvalue weighted by Gasteiger charge is 2.09. The highest BCUT2D eigenvalue weighted by atomic mass is 16.3. The van der Waals surface area contributed by atoms with Crippen LogP contribution >= 0.6 is 0 Å². The van der Waals surface area contributed by atoms with E-state index >= 15 is 0 Å². The Balaban J connectivity index is 2.44. The van der Waals surface area contributed by atoms with Gasteiger partial charge in [0.1, 0.15) is 11.5 Å². The minimum Gasteiger partial charge on any atom is -0.466 e. The second-order valence-electron chi connectivity index (χ2n) is 4.30. The zero-order valence-electron chi connectivity index (χ0n) is 10.5. The molecule has 0 aromatic carbocycles. The average molecular weight is 210 g/mol. The molecule has 0 aliphatic rings. The average Bonchev–Trinajstić information content (AvgIpc) is 2.37. The van der Waals surface area contributed by atoms with Crippen LogP contribution in [0.15, 0.2) is 4.42 Å². The first-order valence-electron chi connectivity index (χ1n) is 5.43. The third kappa shape index (κ3) is 3.36. The van der Waals surface area contributed by atoms with E-state index in [-0.39, 0.29) is 0 Å². The number of nitrogens with zero attached hydrogens (tertiary/aromatic N) is 1. The van der Waals surface area contributed by atoms with Crippen molar-refractivity contribution in [3.05, 3.63) is 22.6 Å². The lowest BCUT2D eigenvalue weighted by atomic mass is 10.1. The van der Waals surface area contributed by atoms with E-state index in [0.717, 1.165) is 31.2 Å². The Morgan fingerprint density at radius 1 is 1.13 bits per heavy atom. The third-order valence-corrected chi connectivity index (χ3v) is 2.75. The summed E-state index contributed by atoms with van der Waals surface area (Å²) >= 11 is 0. The van der Waals surface area contributed by atoms with Gasteiger partial charge in [0.2, 0.25) is 0 Å². The monoisotopic (exact) mass is 210 g/mol. The molecule has 0 saturated heterocycles. The number of furan rings is 1. The minimum atomic E-state index is 0.906. The van der Waals surface area contributed by atoms with Crippen LogP contribution < -0.4 is 5.32 Å². The van der Waals surface area contributed by atoms with Crippen molar-refractivity contribution >= 4 is 0 Å². The molecular weight excluding hydrogens is 188 g/mol. The van der Waals surface area contributed by atoms with Gasteiger partial charge in [-0.15, -0.1) is 0 Å². The van der Waals surface area contributed by atoms with E-state index in [9.17, 15) is 0 Å². The summed E-state index contributed by atoms with van der Waals surface area (Å²) in [7, 11) is 4.17. The molecule has 0 radical (unpaired) electrons. The fourth-order valence-electron chi connectivity index (χ4n) is 1.62. The summed E-state index contributed by atoms with van der Waals surface area (Å²) in [5.74, 6) is 2.08. The molecule has 3 nitrogen and oxygen atoms in total. The summed E-state index contributed by atoms with van der Waals surface area (Å²) in [6.07, 6.45) is 0. The minimum absolute atomic E-state index is 0.906. The molecule has 0 fully saturated rings. The molecule has 0 saturated carbocycles. The van der Waals surface area contributed by atoms with Gasteiger partial charge in [-0.3, -0.25) is 0 Å². The highest BCUT2D eigenvalue weighted by molar-refractivity contribution is 5.31. The largest absolute Gasteiger partial charge is 0.466 e. The van der Waals surface area contributed by atoms with E-state index in [0.29, 0.717) is 0 Å². The fourth-order valence-corrected chi connectivity index (χ4v) is 1.62. The van der Waals surface area contributed by atoms with Gasteiger partial charge in [-0.25, -0.2) is 0 Å². The first-order chi connectivity index (χ1) is 7.02. The van der Waals surface area contributed by atoms with Crippen LogP contribution in [0, 0.1) is 20.8 Å². The summed E-state index contributed by atoms with van der Waals surface area (Å²) in [6, 6.07) is 0. The molecule has 0 bridgehead atoms. The zero-order chi connectivity index (χ0) is 11.4. The molecule has 3 heteroatoms. The van der Waals surface area contributed by atoms with Gasteiger partial charge in [0.05, 0.1) is 0 Å². The Morgan fingerprint density at radius 2 is 1.80 bits per heavy atom. The fraction of sp³-hybridized carbons (Fsp3) is 0.667. The van der Waals surface area contributed by atoms with Crippen LogP contribution in [0.25, 0.3) is 0 Å². The number of hydrogen-bond donors (Lipinski definition) is 1. The van der Waals surface area contributed by atoms with Crippen molar-refractivity contribution in [1.29, 1.82) is 0 Å². The van der Waals surface area contributed by atoms with Gasteiger partial charge in [-0.2, -0.15) is 0 Å². The van der Waals surface area contributed by atoms with Crippen molar-refractivity contribution in [1.82, 2.24) is 10.2 Å². The highest BCUT2D eigenvalue weighted by Crippen LogP contribution is 2.20. The smallest absolute Gasteiger partial charge is 0.105 e. The van der Waals surface area contributed by atoms with Gasteiger partial charge in [0.15, 0.2) is 0 Å². The number of nitrogens with one attached hydrogen (secondary N) is 1. The van der Waals surface area contributed by atoms with Gasteiger partial charge in [0.25, 0.3) is 0 Å². The molecule has 1 N–H and O–H groups in total. The number of hydrogen-bond acceptors (Lipinski definition) is 3. The second-order valence-corrected chi connectivity index (χ2v) is 4.30. The molecule has 0 spiro atoms. The van der Waals surface area contributed by atoms with E-state index in [4.69, 9.17) is 4.42 Å². The Morgan fingerprint density at radius 3 is 2.27 bits per heavy atom. The predicted molar refractivity (Wildman–Crippen MR) is 63.2 cm³/mol. The number of likely N-dealkylation sites (N-methyl/N-ethyl adjacent to an activating group) is 1. The molecule has 86 valence electrons. The summed E-state index contributed by atoms with van der Waals surface area (Å²) in [5.41, 5.74) is 2.59. The predicted octanol–water partition coefficient (Wildman–Crippen LogP) is 1.86. The Labute approximate surface area is 92.5 Å². The lowest BCUT2D eigenvalue weighted by molar-refractivity contribution is 0.399. The van der Waals surface area contributed by atoms with Crippen molar-refractivity contribution in [3.8, 4) is 0 Å².